The lowest BCUT2D eigenvalue weighted by atomic mass is 10.2. The van der Waals surface area contributed by atoms with E-state index in [9.17, 15) is 4.79 Å². The summed E-state index contributed by atoms with van der Waals surface area (Å²) in [5, 5.41) is 0. The molecule has 1 saturated heterocycles. The highest BCUT2D eigenvalue weighted by Crippen LogP contribution is 2.29. The van der Waals surface area contributed by atoms with E-state index < -0.39 is 0 Å². The first-order valence-electron chi connectivity index (χ1n) is 5.93. The Morgan fingerprint density at radius 3 is 2.31 bits per heavy atom. The van der Waals surface area contributed by atoms with Crippen molar-refractivity contribution in [3.63, 3.8) is 0 Å². The zero-order chi connectivity index (χ0) is 10.8. The van der Waals surface area contributed by atoms with Gasteiger partial charge in [-0.15, -0.1) is 12.4 Å². The van der Waals surface area contributed by atoms with Crippen LogP contribution in [0.15, 0.2) is 0 Å². The molecule has 94 valence electrons. The fourth-order valence-corrected chi connectivity index (χ4v) is 2.10. The van der Waals surface area contributed by atoms with Crippen molar-refractivity contribution in [2.24, 2.45) is 11.7 Å². The van der Waals surface area contributed by atoms with Crippen LogP contribution in [0.5, 0.6) is 0 Å². The van der Waals surface area contributed by atoms with Gasteiger partial charge in [-0.2, -0.15) is 0 Å². The Labute approximate surface area is 104 Å². The van der Waals surface area contributed by atoms with E-state index in [4.69, 9.17) is 5.73 Å². The van der Waals surface area contributed by atoms with Crippen LogP contribution in [-0.2, 0) is 4.79 Å². The van der Waals surface area contributed by atoms with Crippen LogP contribution in [-0.4, -0.2) is 54.5 Å². The number of carbonyl (C=O) groups is 1. The van der Waals surface area contributed by atoms with E-state index in [1.165, 1.54) is 19.4 Å². The molecular weight excluding hydrogens is 226 g/mol. The molecule has 4 nitrogen and oxygen atoms in total. The van der Waals surface area contributed by atoms with Crippen LogP contribution in [0.4, 0.5) is 0 Å². The monoisotopic (exact) mass is 247 g/mol. The smallest absolute Gasteiger partial charge is 0.239 e. The van der Waals surface area contributed by atoms with E-state index >= 15 is 0 Å². The summed E-state index contributed by atoms with van der Waals surface area (Å²) in [4.78, 5) is 16.0. The molecule has 0 radical (unpaired) electrons. The highest BCUT2D eigenvalue weighted by Gasteiger charge is 2.28. The van der Waals surface area contributed by atoms with Crippen LogP contribution in [0.1, 0.15) is 19.8 Å². The average Bonchev–Trinajstić information content (AvgIpc) is 3.02. The molecule has 0 bridgehead atoms. The first-order valence-corrected chi connectivity index (χ1v) is 5.93. The van der Waals surface area contributed by atoms with Crippen LogP contribution < -0.4 is 5.73 Å². The molecule has 2 fully saturated rings. The molecule has 1 aliphatic carbocycles. The van der Waals surface area contributed by atoms with Crippen LogP contribution >= 0.6 is 12.4 Å². The van der Waals surface area contributed by atoms with E-state index in [0.717, 1.165) is 32.1 Å². The Bertz CT molecular complexity index is 235. The number of piperazine rings is 1. The third-order valence-corrected chi connectivity index (χ3v) is 3.29. The van der Waals surface area contributed by atoms with Crippen LogP contribution in [0.3, 0.4) is 0 Å². The SMILES string of the molecule is CC(N)C(=O)N1CCN(CC2CC2)CC1.Cl. The first-order chi connectivity index (χ1) is 7.16. The molecule has 16 heavy (non-hydrogen) atoms. The predicted molar refractivity (Wildman–Crippen MR) is 66.6 cm³/mol. The molecule has 1 aliphatic heterocycles. The van der Waals surface area contributed by atoms with Crippen molar-refractivity contribution in [1.82, 2.24) is 9.80 Å². The lowest BCUT2D eigenvalue weighted by molar-refractivity contribution is -0.133. The molecule has 0 aromatic carbocycles. The number of hydrogen-bond acceptors (Lipinski definition) is 3. The molecule has 0 aromatic heterocycles. The van der Waals surface area contributed by atoms with Gasteiger partial charge >= 0.3 is 0 Å². The summed E-state index contributed by atoms with van der Waals surface area (Å²) in [6.07, 6.45) is 2.80. The summed E-state index contributed by atoms with van der Waals surface area (Å²) >= 11 is 0. The topological polar surface area (TPSA) is 49.6 Å². The highest BCUT2D eigenvalue weighted by molar-refractivity contribution is 5.85. The number of carbonyl (C=O) groups excluding carboxylic acids is 1. The molecule has 0 spiro atoms. The Morgan fingerprint density at radius 2 is 1.88 bits per heavy atom. The molecule has 2 N–H and O–H groups in total. The van der Waals surface area contributed by atoms with Gasteiger partial charge in [0.15, 0.2) is 0 Å². The van der Waals surface area contributed by atoms with Crippen molar-refractivity contribution in [2.75, 3.05) is 32.7 Å². The normalized spacial score (nSPS) is 23.8. The Balaban J connectivity index is 0.00000128. The van der Waals surface area contributed by atoms with E-state index in [1.807, 2.05) is 4.90 Å². The minimum absolute atomic E-state index is 0. The van der Waals surface area contributed by atoms with Gasteiger partial charge in [-0.3, -0.25) is 9.69 Å². The standard InChI is InChI=1S/C11H21N3O.ClH/c1-9(12)11(15)14-6-4-13(5-7-14)8-10-2-3-10;/h9-10H,2-8,12H2,1H3;1H. The molecule has 1 heterocycles. The number of amides is 1. The van der Waals surface area contributed by atoms with E-state index in [-0.39, 0.29) is 24.4 Å². The quantitative estimate of drug-likeness (QED) is 0.781. The van der Waals surface area contributed by atoms with Gasteiger partial charge in [-0.25, -0.2) is 0 Å². The molecule has 5 heteroatoms. The van der Waals surface area contributed by atoms with E-state index in [2.05, 4.69) is 4.90 Å². The molecule has 2 aliphatic rings. The fourth-order valence-electron chi connectivity index (χ4n) is 2.10. The zero-order valence-corrected chi connectivity index (χ0v) is 10.7. The van der Waals surface area contributed by atoms with Crippen LogP contribution in [0, 0.1) is 5.92 Å². The number of nitrogens with two attached hydrogens (primary N) is 1. The van der Waals surface area contributed by atoms with Gasteiger partial charge in [0, 0.05) is 32.7 Å². The second kappa shape index (κ2) is 5.84. The van der Waals surface area contributed by atoms with Gasteiger partial charge in [0.2, 0.25) is 5.91 Å². The fraction of sp³-hybridized carbons (Fsp3) is 0.909. The van der Waals surface area contributed by atoms with Crippen molar-refractivity contribution < 1.29 is 4.79 Å². The van der Waals surface area contributed by atoms with E-state index in [0.29, 0.717) is 0 Å². The Hall–Kier alpha value is -0.320. The molecule has 0 aromatic rings. The lowest BCUT2D eigenvalue weighted by Gasteiger charge is -2.35. The maximum absolute atomic E-state index is 11.6. The molecule has 1 amide bonds. The summed E-state index contributed by atoms with van der Waals surface area (Å²) in [5.41, 5.74) is 5.59. The van der Waals surface area contributed by atoms with Crippen molar-refractivity contribution in [2.45, 2.75) is 25.8 Å². The summed E-state index contributed by atoms with van der Waals surface area (Å²) in [6.45, 7) is 6.75. The van der Waals surface area contributed by atoms with Gasteiger partial charge < -0.3 is 10.6 Å². The molecule has 1 unspecified atom stereocenters. The van der Waals surface area contributed by atoms with E-state index in [1.54, 1.807) is 6.92 Å². The van der Waals surface area contributed by atoms with Gasteiger partial charge in [0.05, 0.1) is 6.04 Å². The third kappa shape index (κ3) is 3.61. The largest absolute Gasteiger partial charge is 0.339 e. The lowest BCUT2D eigenvalue weighted by Crippen LogP contribution is -2.52. The van der Waals surface area contributed by atoms with Crippen LogP contribution in [0.2, 0.25) is 0 Å². The summed E-state index contributed by atoms with van der Waals surface area (Å²) < 4.78 is 0. The predicted octanol–water partition coefficient (Wildman–Crippen LogP) is 0.310. The maximum Gasteiger partial charge on any atom is 0.239 e. The van der Waals surface area contributed by atoms with Crippen molar-refractivity contribution >= 4 is 18.3 Å². The minimum atomic E-state index is -0.347. The number of rotatable bonds is 3. The van der Waals surface area contributed by atoms with Gasteiger partial charge in [-0.1, -0.05) is 0 Å². The van der Waals surface area contributed by atoms with Crippen molar-refractivity contribution in [3.8, 4) is 0 Å². The first kappa shape index (κ1) is 13.7. The average molecular weight is 248 g/mol. The minimum Gasteiger partial charge on any atom is -0.339 e. The molecule has 2 rings (SSSR count). The number of halogens is 1. The van der Waals surface area contributed by atoms with Crippen LogP contribution in [0.25, 0.3) is 0 Å². The summed E-state index contributed by atoms with van der Waals surface area (Å²) in [5.74, 6) is 1.04. The molecular formula is C11H22ClN3O. The highest BCUT2D eigenvalue weighted by atomic mass is 35.5. The second-order valence-electron chi connectivity index (χ2n) is 4.86. The Kier molecular flexibility index (Phi) is 5.02. The van der Waals surface area contributed by atoms with Crippen molar-refractivity contribution in [1.29, 1.82) is 0 Å². The van der Waals surface area contributed by atoms with Gasteiger partial charge in [-0.05, 0) is 25.7 Å². The molecule has 1 saturated carbocycles. The number of nitrogens with zero attached hydrogens (tertiary/aromatic N) is 2. The summed E-state index contributed by atoms with van der Waals surface area (Å²) in [6, 6.07) is -0.347. The zero-order valence-electron chi connectivity index (χ0n) is 9.89. The summed E-state index contributed by atoms with van der Waals surface area (Å²) in [7, 11) is 0. The number of hydrogen-bond donors (Lipinski definition) is 1. The maximum atomic E-state index is 11.6. The third-order valence-electron chi connectivity index (χ3n) is 3.29. The Morgan fingerprint density at radius 1 is 1.31 bits per heavy atom. The van der Waals surface area contributed by atoms with Gasteiger partial charge in [0.1, 0.15) is 0 Å². The van der Waals surface area contributed by atoms with Crippen molar-refractivity contribution in [3.05, 3.63) is 0 Å². The van der Waals surface area contributed by atoms with Gasteiger partial charge in [0.25, 0.3) is 0 Å². The molecule has 1 atom stereocenters. The second-order valence-corrected chi connectivity index (χ2v) is 4.86.